The number of ether oxygens (including phenoxy) is 2. The Kier molecular flexibility index (Phi) is 5.99. The number of thiophene rings is 1. The highest BCUT2D eigenvalue weighted by Crippen LogP contribution is 2.39. The quantitative estimate of drug-likeness (QED) is 0.745. The van der Waals surface area contributed by atoms with E-state index in [4.69, 9.17) is 19.4 Å². The third kappa shape index (κ3) is 4.29. The monoisotopic (exact) mass is 416 g/mol. The Bertz CT molecular complexity index is 843. The van der Waals surface area contributed by atoms with Gasteiger partial charge >= 0.3 is 0 Å². The van der Waals surface area contributed by atoms with Crippen LogP contribution in [0.15, 0.2) is 0 Å². The lowest BCUT2D eigenvalue weighted by molar-refractivity contribution is 0.0215. The maximum atomic E-state index is 6.02. The van der Waals surface area contributed by atoms with Crippen LogP contribution in [0.2, 0.25) is 0 Å². The van der Waals surface area contributed by atoms with Crippen molar-refractivity contribution in [1.29, 1.82) is 0 Å². The Labute approximate surface area is 177 Å². The second-order valence-corrected chi connectivity index (χ2v) is 9.70. The van der Waals surface area contributed by atoms with Crippen molar-refractivity contribution in [1.82, 2.24) is 14.9 Å². The summed E-state index contributed by atoms with van der Waals surface area (Å²) in [5.41, 5.74) is 1.51. The number of anilines is 1. The van der Waals surface area contributed by atoms with Gasteiger partial charge in [-0.15, -0.1) is 11.3 Å². The van der Waals surface area contributed by atoms with E-state index in [9.17, 15) is 0 Å². The molecule has 29 heavy (non-hydrogen) atoms. The highest BCUT2D eigenvalue weighted by Gasteiger charge is 2.25. The number of likely N-dealkylation sites (N-methyl/N-ethyl adjacent to an activating group) is 1. The molecule has 6 nitrogen and oxygen atoms in total. The Morgan fingerprint density at radius 3 is 2.76 bits per heavy atom. The van der Waals surface area contributed by atoms with E-state index in [1.165, 1.54) is 59.2 Å². The summed E-state index contributed by atoms with van der Waals surface area (Å²) in [4.78, 5) is 17.6. The van der Waals surface area contributed by atoms with Crippen molar-refractivity contribution in [2.24, 2.45) is 0 Å². The first kappa shape index (κ1) is 19.7. The minimum Gasteiger partial charge on any atom is -0.379 e. The number of hydrogen-bond acceptors (Lipinski definition) is 7. The fourth-order valence-electron chi connectivity index (χ4n) is 4.83. The molecule has 2 aromatic heterocycles. The van der Waals surface area contributed by atoms with Gasteiger partial charge in [0, 0.05) is 38.2 Å². The van der Waals surface area contributed by atoms with Crippen molar-refractivity contribution in [2.45, 2.75) is 57.6 Å². The molecule has 0 aromatic carbocycles. The summed E-state index contributed by atoms with van der Waals surface area (Å²) < 4.78 is 11.5. The fourth-order valence-corrected chi connectivity index (χ4v) is 6.11. The molecule has 0 N–H and O–H groups in total. The molecule has 2 fully saturated rings. The summed E-state index contributed by atoms with van der Waals surface area (Å²) in [5.74, 6) is 2.07. The molecule has 3 aliphatic rings. The number of hydrogen-bond donors (Lipinski definition) is 0. The van der Waals surface area contributed by atoms with E-state index in [2.05, 4.69) is 16.8 Å². The molecular weight excluding hydrogens is 384 g/mol. The van der Waals surface area contributed by atoms with Crippen molar-refractivity contribution in [2.75, 3.05) is 51.4 Å². The van der Waals surface area contributed by atoms with Gasteiger partial charge in [-0.1, -0.05) is 0 Å². The average Bonchev–Trinajstić information content (AvgIpc) is 3.13. The Morgan fingerprint density at radius 2 is 1.93 bits per heavy atom. The maximum Gasteiger partial charge on any atom is 0.146 e. The molecule has 0 spiro atoms. The van der Waals surface area contributed by atoms with Crippen LogP contribution in [-0.2, 0) is 28.9 Å². The molecule has 158 valence electrons. The van der Waals surface area contributed by atoms with Gasteiger partial charge in [0.15, 0.2) is 0 Å². The first-order valence-electron chi connectivity index (χ1n) is 11.2. The van der Waals surface area contributed by atoms with Crippen LogP contribution in [-0.4, -0.2) is 67.5 Å². The van der Waals surface area contributed by atoms with Crippen molar-refractivity contribution in [3.63, 3.8) is 0 Å². The maximum absolute atomic E-state index is 6.02. The molecular formula is C22H32N4O2S. The normalized spacial score (nSPS) is 23.3. The van der Waals surface area contributed by atoms with Crippen molar-refractivity contribution >= 4 is 27.4 Å². The van der Waals surface area contributed by atoms with Crippen LogP contribution in [0, 0.1) is 0 Å². The van der Waals surface area contributed by atoms with E-state index in [0.717, 1.165) is 64.1 Å². The molecule has 0 amide bonds. The summed E-state index contributed by atoms with van der Waals surface area (Å²) in [6, 6.07) is 0. The van der Waals surface area contributed by atoms with Crippen LogP contribution in [0.3, 0.4) is 0 Å². The molecule has 0 bridgehead atoms. The molecule has 1 unspecified atom stereocenters. The number of morpholine rings is 1. The van der Waals surface area contributed by atoms with E-state index in [0.29, 0.717) is 6.10 Å². The lowest BCUT2D eigenvalue weighted by Crippen LogP contribution is -2.36. The number of rotatable bonds is 5. The van der Waals surface area contributed by atoms with Gasteiger partial charge in [0.2, 0.25) is 0 Å². The number of aromatic nitrogens is 2. The predicted octanol–water partition coefficient (Wildman–Crippen LogP) is 3.41. The number of fused-ring (bicyclic) bond motifs is 3. The minimum atomic E-state index is 0.316. The smallest absolute Gasteiger partial charge is 0.146 e. The fraction of sp³-hybridized carbons (Fsp3) is 0.727. The second kappa shape index (κ2) is 8.84. The Hall–Kier alpha value is -1.28. The lowest BCUT2D eigenvalue weighted by Gasteiger charge is -2.29. The van der Waals surface area contributed by atoms with E-state index in [1.54, 1.807) is 0 Å². The standard InChI is InChI=1S/C22H32N4O2S/c1-25(14-16-6-4-5-11-28-16)21-20-17-7-2-3-8-18(17)29-22(20)24-19(23-21)15-26-9-12-27-13-10-26/h16H,2-15H2,1H3. The topological polar surface area (TPSA) is 50.7 Å². The summed E-state index contributed by atoms with van der Waals surface area (Å²) in [6.45, 7) is 6.15. The zero-order chi connectivity index (χ0) is 19.6. The molecule has 2 aliphatic heterocycles. The molecule has 5 rings (SSSR count). The Balaban J connectivity index is 1.48. The van der Waals surface area contributed by atoms with Crippen molar-refractivity contribution in [3.8, 4) is 0 Å². The third-order valence-electron chi connectivity index (χ3n) is 6.42. The van der Waals surface area contributed by atoms with Crippen LogP contribution in [0.5, 0.6) is 0 Å². The lowest BCUT2D eigenvalue weighted by atomic mass is 9.97. The minimum absolute atomic E-state index is 0.316. The van der Waals surface area contributed by atoms with E-state index in [-0.39, 0.29) is 0 Å². The van der Waals surface area contributed by atoms with Crippen LogP contribution in [0.25, 0.3) is 10.2 Å². The van der Waals surface area contributed by atoms with Gasteiger partial charge in [0.05, 0.1) is 31.2 Å². The first-order chi connectivity index (χ1) is 14.3. The second-order valence-electron chi connectivity index (χ2n) is 8.61. The molecule has 4 heterocycles. The highest BCUT2D eigenvalue weighted by atomic mass is 32.1. The number of aryl methyl sites for hydroxylation is 2. The van der Waals surface area contributed by atoms with E-state index < -0.39 is 0 Å². The van der Waals surface area contributed by atoms with Gasteiger partial charge in [-0.3, -0.25) is 4.90 Å². The van der Waals surface area contributed by atoms with Crippen LogP contribution in [0.1, 0.15) is 48.4 Å². The van der Waals surface area contributed by atoms with Crippen molar-refractivity contribution < 1.29 is 9.47 Å². The molecule has 0 saturated carbocycles. The van der Waals surface area contributed by atoms with Crippen LogP contribution >= 0.6 is 11.3 Å². The van der Waals surface area contributed by atoms with Gasteiger partial charge in [0.1, 0.15) is 16.5 Å². The largest absolute Gasteiger partial charge is 0.379 e. The summed E-state index contributed by atoms with van der Waals surface area (Å²) in [6.07, 6.45) is 8.88. The highest BCUT2D eigenvalue weighted by molar-refractivity contribution is 7.19. The SMILES string of the molecule is CN(CC1CCCCO1)c1nc(CN2CCOCC2)nc2sc3c(c12)CCCC3. The first-order valence-corrected chi connectivity index (χ1v) is 12.0. The van der Waals surface area contributed by atoms with Crippen LogP contribution < -0.4 is 4.90 Å². The van der Waals surface area contributed by atoms with Gasteiger partial charge in [-0.05, 0) is 50.5 Å². The van der Waals surface area contributed by atoms with Gasteiger partial charge < -0.3 is 14.4 Å². The van der Waals surface area contributed by atoms with E-state index in [1.807, 2.05) is 11.3 Å². The van der Waals surface area contributed by atoms with Crippen molar-refractivity contribution in [3.05, 3.63) is 16.3 Å². The molecule has 7 heteroatoms. The van der Waals surface area contributed by atoms with Gasteiger partial charge in [0.25, 0.3) is 0 Å². The van der Waals surface area contributed by atoms with Gasteiger partial charge in [-0.25, -0.2) is 9.97 Å². The molecule has 2 saturated heterocycles. The molecule has 1 aliphatic carbocycles. The summed E-state index contributed by atoms with van der Waals surface area (Å²) >= 11 is 1.90. The number of nitrogens with zero attached hydrogens (tertiary/aromatic N) is 4. The van der Waals surface area contributed by atoms with Crippen LogP contribution in [0.4, 0.5) is 5.82 Å². The predicted molar refractivity (Wildman–Crippen MR) is 117 cm³/mol. The zero-order valence-electron chi connectivity index (χ0n) is 17.5. The molecule has 1 atom stereocenters. The Morgan fingerprint density at radius 1 is 1.07 bits per heavy atom. The van der Waals surface area contributed by atoms with Gasteiger partial charge in [-0.2, -0.15) is 0 Å². The molecule has 0 radical (unpaired) electrons. The summed E-state index contributed by atoms with van der Waals surface area (Å²) in [7, 11) is 2.19. The zero-order valence-corrected chi connectivity index (χ0v) is 18.3. The summed E-state index contributed by atoms with van der Waals surface area (Å²) in [5, 5.41) is 1.31. The van der Waals surface area contributed by atoms with E-state index >= 15 is 0 Å². The third-order valence-corrected chi connectivity index (χ3v) is 7.61. The molecule has 2 aromatic rings. The average molecular weight is 417 g/mol.